The van der Waals surface area contributed by atoms with Crippen molar-refractivity contribution in [1.29, 1.82) is 0 Å². The van der Waals surface area contributed by atoms with Gasteiger partial charge in [-0.2, -0.15) is 0 Å². The predicted octanol–water partition coefficient (Wildman–Crippen LogP) is 2.67. The Labute approximate surface area is 112 Å². The molecule has 1 aromatic carbocycles. The van der Waals surface area contributed by atoms with Gasteiger partial charge in [-0.25, -0.2) is 8.42 Å². The minimum atomic E-state index is -3.74. The first kappa shape index (κ1) is 13.3. The molecule has 0 radical (unpaired) electrons. The highest BCUT2D eigenvalue weighted by atomic mass is 80.0. The van der Waals surface area contributed by atoms with Crippen LogP contribution in [-0.4, -0.2) is 20.1 Å². The Bertz CT molecular complexity index is 477. The van der Waals surface area contributed by atoms with Gasteiger partial charge in [0.15, 0.2) is 11.5 Å². The van der Waals surface area contributed by atoms with Crippen LogP contribution in [0.1, 0.15) is 0 Å². The molecule has 0 bridgehead atoms. The molecule has 0 saturated carbocycles. The molecule has 84 valence electrons. The summed E-state index contributed by atoms with van der Waals surface area (Å²) in [7, 11) is -3.74. The normalized spacial score (nSPS) is 12.7. The molecule has 0 unspecified atom stereocenters. The number of benzene rings is 1. The zero-order valence-corrected chi connectivity index (χ0v) is 12.6. The lowest BCUT2D eigenvalue weighted by molar-refractivity contribution is 0.402. The van der Waals surface area contributed by atoms with Gasteiger partial charge in [-0.05, 0) is 59.9 Å². The molecule has 8 heteroatoms. The second-order valence-electron chi connectivity index (χ2n) is 2.60. The van der Waals surface area contributed by atoms with E-state index in [1.165, 1.54) is 6.07 Å². The number of hydrogen-bond donors (Lipinski definition) is 2. The molecule has 1 aromatic rings. The summed E-state index contributed by atoms with van der Waals surface area (Å²) in [5.41, 5.74) is 0. The summed E-state index contributed by atoms with van der Waals surface area (Å²) in [6, 6.07) is 3.24. The Morgan fingerprint density at radius 1 is 1.07 bits per heavy atom. The maximum Gasteiger partial charge on any atom is 0.239 e. The Hall–Kier alpha value is 0.210. The highest BCUT2D eigenvalue weighted by Crippen LogP contribution is 2.44. The van der Waals surface area contributed by atoms with Crippen molar-refractivity contribution in [3.8, 4) is 11.5 Å². The van der Waals surface area contributed by atoms with Crippen molar-refractivity contribution in [2.75, 3.05) is 0 Å². The molecule has 0 aliphatic heterocycles. The van der Waals surface area contributed by atoms with Crippen molar-refractivity contribution >= 4 is 57.6 Å². The van der Waals surface area contributed by atoms with Crippen LogP contribution in [-0.2, 0) is 9.84 Å². The topological polar surface area (TPSA) is 74.6 Å². The van der Waals surface area contributed by atoms with E-state index in [1.807, 2.05) is 0 Å². The second-order valence-corrected chi connectivity index (χ2v) is 13.0. The third-order valence-corrected chi connectivity index (χ3v) is 6.88. The summed E-state index contributed by atoms with van der Waals surface area (Å²) in [5, 5.41) is 18.2. The molecule has 0 amide bonds. The molecule has 0 aromatic heterocycles. The van der Waals surface area contributed by atoms with Gasteiger partial charge in [-0.3, -0.25) is 0 Å². The van der Waals surface area contributed by atoms with E-state index in [0.29, 0.717) is 0 Å². The first-order valence-electron chi connectivity index (χ1n) is 3.49. The SMILES string of the molecule is O=S(=O)(c1ccc(O)c(O)c1)C(Br)(Br)Br. The number of halogens is 3. The summed E-state index contributed by atoms with van der Waals surface area (Å²) >= 11 is 8.64. The Morgan fingerprint density at radius 3 is 2.00 bits per heavy atom. The number of phenols is 2. The van der Waals surface area contributed by atoms with Crippen LogP contribution in [0, 0.1) is 0 Å². The van der Waals surface area contributed by atoms with Crippen LogP contribution < -0.4 is 0 Å². The summed E-state index contributed by atoms with van der Waals surface area (Å²) in [5.74, 6) is -0.869. The number of sulfone groups is 1. The van der Waals surface area contributed by atoms with Crippen molar-refractivity contribution in [1.82, 2.24) is 0 Å². The molecular formula is C7H5Br3O4S. The van der Waals surface area contributed by atoms with E-state index in [0.717, 1.165) is 12.1 Å². The lowest BCUT2D eigenvalue weighted by Crippen LogP contribution is -2.17. The zero-order valence-electron chi connectivity index (χ0n) is 6.99. The van der Waals surface area contributed by atoms with Crippen LogP contribution in [0.5, 0.6) is 11.5 Å². The minimum absolute atomic E-state index is 0.136. The molecular weight excluding hydrogens is 420 g/mol. The second kappa shape index (κ2) is 4.23. The maximum absolute atomic E-state index is 11.8. The van der Waals surface area contributed by atoms with Gasteiger partial charge in [0.25, 0.3) is 0 Å². The largest absolute Gasteiger partial charge is 0.504 e. The van der Waals surface area contributed by atoms with Crippen LogP contribution in [0.25, 0.3) is 0 Å². The third-order valence-electron chi connectivity index (χ3n) is 1.56. The predicted molar refractivity (Wildman–Crippen MR) is 66.5 cm³/mol. The fraction of sp³-hybridized carbons (Fsp3) is 0.143. The molecule has 2 N–H and O–H groups in total. The number of alkyl halides is 3. The molecule has 0 aliphatic carbocycles. The fourth-order valence-electron chi connectivity index (χ4n) is 0.804. The van der Waals surface area contributed by atoms with Crippen molar-refractivity contribution in [2.24, 2.45) is 0 Å². The molecule has 0 heterocycles. The smallest absolute Gasteiger partial charge is 0.239 e. The quantitative estimate of drug-likeness (QED) is 0.537. The average molecular weight is 425 g/mol. The molecule has 4 nitrogen and oxygen atoms in total. The lowest BCUT2D eigenvalue weighted by atomic mass is 10.3. The van der Waals surface area contributed by atoms with Crippen molar-refractivity contribution in [3.05, 3.63) is 18.2 Å². The number of hydrogen-bond acceptors (Lipinski definition) is 4. The zero-order chi connectivity index (χ0) is 11.9. The monoisotopic (exact) mass is 422 g/mol. The van der Waals surface area contributed by atoms with Crippen molar-refractivity contribution in [2.45, 2.75) is 6.37 Å². The van der Waals surface area contributed by atoms with Gasteiger partial charge in [0.2, 0.25) is 11.3 Å². The highest BCUT2D eigenvalue weighted by molar-refractivity contribution is 9.42. The summed E-state index contributed by atoms with van der Waals surface area (Å²) in [4.78, 5) is -0.136. The van der Waals surface area contributed by atoms with Gasteiger partial charge in [0.05, 0.1) is 4.90 Å². The van der Waals surface area contributed by atoms with Gasteiger partial charge in [-0.1, -0.05) is 0 Å². The van der Waals surface area contributed by atoms with Crippen LogP contribution in [0.15, 0.2) is 23.1 Å². The van der Waals surface area contributed by atoms with Crippen molar-refractivity contribution < 1.29 is 18.6 Å². The number of aromatic hydroxyl groups is 2. The summed E-state index contributed by atoms with van der Waals surface area (Å²) in [6.07, 6.45) is 0. The lowest BCUT2D eigenvalue weighted by Gasteiger charge is -2.13. The van der Waals surface area contributed by atoms with Gasteiger partial charge >= 0.3 is 0 Å². The molecule has 0 saturated heterocycles. The first-order valence-corrected chi connectivity index (χ1v) is 7.36. The van der Waals surface area contributed by atoms with Crippen LogP contribution >= 0.6 is 47.8 Å². The molecule has 1 rings (SSSR count). The highest BCUT2D eigenvalue weighted by Gasteiger charge is 2.37. The number of phenolic OH excluding ortho intramolecular Hbond substituents is 2. The van der Waals surface area contributed by atoms with E-state index in [2.05, 4.69) is 47.8 Å². The number of rotatable bonds is 1. The molecule has 15 heavy (non-hydrogen) atoms. The van der Waals surface area contributed by atoms with Gasteiger partial charge in [0, 0.05) is 6.07 Å². The Kier molecular flexibility index (Phi) is 3.74. The third kappa shape index (κ3) is 2.66. The maximum atomic E-state index is 11.8. The van der Waals surface area contributed by atoms with Crippen LogP contribution in [0.3, 0.4) is 0 Å². The fourth-order valence-corrected chi connectivity index (χ4v) is 3.27. The Morgan fingerprint density at radius 2 is 1.60 bits per heavy atom. The molecule has 0 fully saturated rings. The van der Waals surface area contributed by atoms with Crippen LogP contribution in [0.2, 0.25) is 0 Å². The van der Waals surface area contributed by atoms with E-state index in [9.17, 15) is 8.42 Å². The molecule has 0 spiro atoms. The average Bonchev–Trinajstić information content (AvgIpc) is 2.07. The van der Waals surface area contributed by atoms with E-state index in [-0.39, 0.29) is 10.6 Å². The standard InChI is InChI=1S/C7H5Br3O4S/c8-7(9,10)15(13,14)4-1-2-5(11)6(12)3-4/h1-3,11-12H. The van der Waals surface area contributed by atoms with Gasteiger partial charge in [0.1, 0.15) is 0 Å². The van der Waals surface area contributed by atoms with E-state index >= 15 is 0 Å². The first-order chi connectivity index (χ1) is 6.66. The summed E-state index contributed by atoms with van der Waals surface area (Å²) < 4.78 is 22.1. The molecule has 0 atom stereocenters. The van der Waals surface area contributed by atoms with Gasteiger partial charge < -0.3 is 10.2 Å². The van der Waals surface area contributed by atoms with Crippen molar-refractivity contribution in [3.63, 3.8) is 0 Å². The minimum Gasteiger partial charge on any atom is -0.504 e. The summed E-state index contributed by atoms with van der Waals surface area (Å²) in [6.45, 7) is 0. The van der Waals surface area contributed by atoms with E-state index in [4.69, 9.17) is 10.2 Å². The van der Waals surface area contributed by atoms with E-state index in [1.54, 1.807) is 0 Å². The Balaban J connectivity index is 3.36. The van der Waals surface area contributed by atoms with Gasteiger partial charge in [-0.15, -0.1) is 0 Å². The molecule has 0 aliphatic rings. The van der Waals surface area contributed by atoms with Crippen LogP contribution in [0.4, 0.5) is 0 Å². The van der Waals surface area contributed by atoms with E-state index < -0.39 is 17.1 Å².